The highest BCUT2D eigenvalue weighted by molar-refractivity contribution is 6.30. The summed E-state index contributed by atoms with van der Waals surface area (Å²) in [5.74, 6) is -0.342. The lowest BCUT2D eigenvalue weighted by molar-refractivity contribution is -0.143. The van der Waals surface area contributed by atoms with E-state index >= 15 is 0 Å². The topological polar surface area (TPSA) is 39.2 Å². The van der Waals surface area contributed by atoms with E-state index in [1.165, 1.54) is 0 Å². The molecule has 4 heteroatoms. The Labute approximate surface area is 123 Å². The van der Waals surface area contributed by atoms with E-state index in [1.54, 1.807) is 13.1 Å². The van der Waals surface area contributed by atoms with E-state index < -0.39 is 0 Å². The van der Waals surface area contributed by atoms with Gasteiger partial charge in [-0.3, -0.25) is 9.78 Å². The van der Waals surface area contributed by atoms with Crippen LogP contribution in [0.1, 0.15) is 30.5 Å². The fourth-order valence-corrected chi connectivity index (χ4v) is 2.18. The number of rotatable bonds is 5. The van der Waals surface area contributed by atoms with Gasteiger partial charge in [0.25, 0.3) is 0 Å². The third kappa shape index (κ3) is 3.81. The molecule has 0 amide bonds. The standard InChI is InChI=1S/C16H16ClNO2/c1-2-20-16(19)11-14(15-5-3-4-10-18-15)12-6-8-13(17)9-7-12/h3-10,14H,2,11H2,1H3. The molecule has 20 heavy (non-hydrogen) atoms. The van der Waals surface area contributed by atoms with Crippen molar-refractivity contribution in [2.75, 3.05) is 6.61 Å². The predicted octanol–water partition coefficient (Wildman–Crippen LogP) is 3.82. The van der Waals surface area contributed by atoms with Gasteiger partial charge in [0.2, 0.25) is 0 Å². The highest BCUT2D eigenvalue weighted by atomic mass is 35.5. The Bertz CT molecular complexity index is 554. The number of hydrogen-bond donors (Lipinski definition) is 0. The number of ether oxygens (including phenoxy) is 1. The fraction of sp³-hybridized carbons (Fsp3) is 0.250. The van der Waals surface area contributed by atoms with Gasteiger partial charge in [0, 0.05) is 22.8 Å². The lowest BCUT2D eigenvalue weighted by Gasteiger charge is -2.16. The minimum absolute atomic E-state index is 0.118. The molecule has 104 valence electrons. The molecule has 0 spiro atoms. The van der Waals surface area contributed by atoms with Gasteiger partial charge < -0.3 is 4.74 Å². The normalized spacial score (nSPS) is 11.9. The average Bonchev–Trinajstić information content (AvgIpc) is 2.47. The van der Waals surface area contributed by atoms with E-state index in [4.69, 9.17) is 16.3 Å². The smallest absolute Gasteiger partial charge is 0.306 e. The molecule has 0 fully saturated rings. The molecule has 2 rings (SSSR count). The Morgan fingerprint density at radius 1 is 1.25 bits per heavy atom. The molecular formula is C16H16ClNO2. The SMILES string of the molecule is CCOC(=O)CC(c1ccc(Cl)cc1)c1ccccn1. The Hall–Kier alpha value is -1.87. The highest BCUT2D eigenvalue weighted by Crippen LogP contribution is 2.27. The maximum Gasteiger partial charge on any atom is 0.306 e. The highest BCUT2D eigenvalue weighted by Gasteiger charge is 2.20. The minimum atomic E-state index is -0.224. The number of benzene rings is 1. The number of aromatic nitrogens is 1. The number of pyridine rings is 1. The minimum Gasteiger partial charge on any atom is -0.466 e. The van der Waals surface area contributed by atoms with Crippen molar-refractivity contribution in [3.63, 3.8) is 0 Å². The number of halogens is 1. The second-order valence-electron chi connectivity index (χ2n) is 4.37. The van der Waals surface area contributed by atoms with E-state index in [1.807, 2.05) is 42.5 Å². The van der Waals surface area contributed by atoms with Crippen LogP contribution in [-0.4, -0.2) is 17.6 Å². The molecule has 1 atom stereocenters. The van der Waals surface area contributed by atoms with Crippen LogP contribution in [0.25, 0.3) is 0 Å². The number of nitrogens with zero attached hydrogens (tertiary/aromatic N) is 1. The lowest BCUT2D eigenvalue weighted by Crippen LogP contribution is -2.12. The van der Waals surface area contributed by atoms with Crippen LogP contribution in [0.4, 0.5) is 0 Å². The lowest BCUT2D eigenvalue weighted by atomic mass is 9.92. The number of carbonyl (C=O) groups excluding carboxylic acids is 1. The first-order chi connectivity index (χ1) is 9.70. The van der Waals surface area contributed by atoms with Crippen LogP contribution >= 0.6 is 11.6 Å². The van der Waals surface area contributed by atoms with Crippen molar-refractivity contribution in [3.8, 4) is 0 Å². The van der Waals surface area contributed by atoms with Gasteiger partial charge in [0.15, 0.2) is 0 Å². The predicted molar refractivity (Wildman–Crippen MR) is 78.8 cm³/mol. The van der Waals surface area contributed by atoms with Gasteiger partial charge in [-0.05, 0) is 36.8 Å². The van der Waals surface area contributed by atoms with Crippen LogP contribution in [0, 0.1) is 0 Å². The molecule has 1 unspecified atom stereocenters. The van der Waals surface area contributed by atoms with Crippen molar-refractivity contribution >= 4 is 17.6 Å². The van der Waals surface area contributed by atoms with E-state index in [2.05, 4.69) is 4.98 Å². The molecule has 0 bridgehead atoms. The fourth-order valence-electron chi connectivity index (χ4n) is 2.06. The molecule has 1 heterocycles. The van der Waals surface area contributed by atoms with Crippen LogP contribution in [0.15, 0.2) is 48.7 Å². The zero-order chi connectivity index (χ0) is 14.4. The van der Waals surface area contributed by atoms with Gasteiger partial charge in [-0.2, -0.15) is 0 Å². The molecule has 0 saturated heterocycles. The first-order valence-corrected chi connectivity index (χ1v) is 6.90. The summed E-state index contributed by atoms with van der Waals surface area (Å²) in [6.07, 6.45) is 2.00. The molecular weight excluding hydrogens is 274 g/mol. The molecule has 0 aliphatic rings. The zero-order valence-electron chi connectivity index (χ0n) is 11.3. The van der Waals surface area contributed by atoms with Crippen LogP contribution in [-0.2, 0) is 9.53 Å². The van der Waals surface area contributed by atoms with Crippen molar-refractivity contribution in [1.29, 1.82) is 0 Å². The van der Waals surface area contributed by atoms with Crippen molar-refractivity contribution in [2.45, 2.75) is 19.3 Å². The Morgan fingerprint density at radius 2 is 2.00 bits per heavy atom. The monoisotopic (exact) mass is 289 g/mol. The second kappa shape index (κ2) is 7.06. The summed E-state index contributed by atoms with van der Waals surface area (Å²) < 4.78 is 5.05. The van der Waals surface area contributed by atoms with Crippen LogP contribution < -0.4 is 0 Å². The number of carbonyl (C=O) groups is 1. The van der Waals surface area contributed by atoms with E-state index in [9.17, 15) is 4.79 Å². The zero-order valence-corrected chi connectivity index (χ0v) is 12.0. The van der Waals surface area contributed by atoms with Crippen molar-refractivity contribution in [2.24, 2.45) is 0 Å². The van der Waals surface area contributed by atoms with Gasteiger partial charge in [-0.1, -0.05) is 29.8 Å². The summed E-state index contributed by atoms with van der Waals surface area (Å²) in [6, 6.07) is 13.2. The third-order valence-electron chi connectivity index (χ3n) is 2.99. The molecule has 0 saturated carbocycles. The van der Waals surface area contributed by atoms with E-state index in [-0.39, 0.29) is 18.3 Å². The summed E-state index contributed by atoms with van der Waals surface area (Å²) >= 11 is 5.91. The maximum atomic E-state index is 11.8. The first-order valence-electron chi connectivity index (χ1n) is 6.52. The van der Waals surface area contributed by atoms with Crippen molar-refractivity contribution < 1.29 is 9.53 Å². The van der Waals surface area contributed by atoms with E-state index in [0.717, 1.165) is 11.3 Å². The first kappa shape index (κ1) is 14.5. The molecule has 3 nitrogen and oxygen atoms in total. The molecule has 0 aliphatic carbocycles. The Morgan fingerprint density at radius 3 is 2.60 bits per heavy atom. The van der Waals surface area contributed by atoms with Gasteiger partial charge in [0.1, 0.15) is 0 Å². The Kier molecular flexibility index (Phi) is 5.13. The average molecular weight is 290 g/mol. The number of esters is 1. The Balaban J connectivity index is 2.29. The van der Waals surface area contributed by atoms with Crippen molar-refractivity contribution in [1.82, 2.24) is 4.98 Å². The van der Waals surface area contributed by atoms with Crippen LogP contribution in [0.3, 0.4) is 0 Å². The van der Waals surface area contributed by atoms with Gasteiger partial charge in [-0.15, -0.1) is 0 Å². The third-order valence-corrected chi connectivity index (χ3v) is 3.25. The van der Waals surface area contributed by atoms with Crippen molar-refractivity contribution in [3.05, 3.63) is 64.9 Å². The second-order valence-corrected chi connectivity index (χ2v) is 4.80. The molecule has 1 aromatic carbocycles. The molecule has 0 radical (unpaired) electrons. The van der Waals surface area contributed by atoms with E-state index in [0.29, 0.717) is 11.6 Å². The van der Waals surface area contributed by atoms with Crippen LogP contribution in [0.2, 0.25) is 5.02 Å². The maximum absolute atomic E-state index is 11.8. The van der Waals surface area contributed by atoms with Gasteiger partial charge in [-0.25, -0.2) is 0 Å². The molecule has 2 aromatic rings. The van der Waals surface area contributed by atoms with Gasteiger partial charge >= 0.3 is 5.97 Å². The molecule has 0 N–H and O–H groups in total. The van der Waals surface area contributed by atoms with Gasteiger partial charge in [0.05, 0.1) is 13.0 Å². The quantitative estimate of drug-likeness (QED) is 0.786. The summed E-state index contributed by atoms with van der Waals surface area (Å²) in [6.45, 7) is 2.18. The summed E-state index contributed by atoms with van der Waals surface area (Å²) in [4.78, 5) is 16.1. The molecule has 0 aliphatic heterocycles. The molecule has 1 aromatic heterocycles. The number of hydrogen-bond acceptors (Lipinski definition) is 3. The van der Waals surface area contributed by atoms with Crippen LogP contribution in [0.5, 0.6) is 0 Å². The largest absolute Gasteiger partial charge is 0.466 e. The summed E-state index contributed by atoms with van der Waals surface area (Å²) in [5, 5.41) is 0.671. The summed E-state index contributed by atoms with van der Waals surface area (Å²) in [5.41, 5.74) is 1.85. The summed E-state index contributed by atoms with van der Waals surface area (Å²) in [7, 11) is 0.